The highest BCUT2D eigenvalue weighted by Crippen LogP contribution is 2.24. The molecule has 2 rings (SSSR count). The lowest BCUT2D eigenvalue weighted by atomic mass is 10.0. The third-order valence-electron chi connectivity index (χ3n) is 2.50. The van der Waals surface area contributed by atoms with Crippen LogP contribution in [0, 0.1) is 0 Å². The van der Waals surface area contributed by atoms with Crippen LogP contribution in [-0.4, -0.2) is 19.5 Å². The molecular formula is C15H17NO2. The first-order chi connectivity index (χ1) is 11.8. The van der Waals surface area contributed by atoms with Gasteiger partial charge in [0.05, 0.1) is 11.2 Å². The van der Waals surface area contributed by atoms with Crippen LogP contribution in [-0.2, 0) is 11.2 Å². The van der Waals surface area contributed by atoms with Crippen LogP contribution in [0.2, 0.25) is 0 Å². The van der Waals surface area contributed by atoms with Gasteiger partial charge in [0.1, 0.15) is 5.75 Å². The van der Waals surface area contributed by atoms with Gasteiger partial charge in [0.25, 0.3) is 0 Å². The average molecular weight is 251 g/mol. The fraction of sp³-hybridized carbons (Fsp3) is 0.267. The third kappa shape index (κ3) is 2.80. The van der Waals surface area contributed by atoms with Gasteiger partial charge >= 0.3 is 0 Å². The number of hydrogen-bond donors (Lipinski definition) is 1. The molecule has 3 nitrogen and oxygen atoms in total. The van der Waals surface area contributed by atoms with Crippen molar-refractivity contribution >= 4 is 16.7 Å². The van der Waals surface area contributed by atoms with Crippen molar-refractivity contribution in [3.8, 4) is 5.75 Å². The van der Waals surface area contributed by atoms with E-state index in [2.05, 4.69) is 5.32 Å². The van der Waals surface area contributed by atoms with Gasteiger partial charge in [-0.15, -0.1) is 0 Å². The summed E-state index contributed by atoms with van der Waals surface area (Å²) in [5, 5.41) is 3.13. The Kier molecular flexibility index (Phi) is 1.77. The molecule has 0 unspecified atom stereocenters. The van der Waals surface area contributed by atoms with Crippen molar-refractivity contribution < 1.29 is 20.5 Å². The second kappa shape index (κ2) is 5.54. The molecule has 0 bridgehead atoms. The molecule has 0 aliphatic carbocycles. The van der Waals surface area contributed by atoms with Gasteiger partial charge in [0.2, 0.25) is 5.91 Å². The minimum atomic E-state index is -2.87. The normalized spacial score (nSPS) is 19.1. The van der Waals surface area contributed by atoms with Gasteiger partial charge in [-0.1, -0.05) is 24.3 Å². The van der Waals surface area contributed by atoms with Gasteiger partial charge in [-0.3, -0.25) is 4.79 Å². The van der Waals surface area contributed by atoms with Crippen molar-refractivity contribution in [3.05, 3.63) is 42.0 Å². The predicted octanol–water partition coefficient (Wildman–Crippen LogP) is 2.53. The van der Waals surface area contributed by atoms with E-state index in [0.29, 0.717) is 10.8 Å². The van der Waals surface area contributed by atoms with Crippen molar-refractivity contribution in [1.82, 2.24) is 5.32 Å². The first kappa shape index (κ1) is 5.74. The van der Waals surface area contributed by atoms with E-state index in [0.717, 1.165) is 0 Å². The van der Waals surface area contributed by atoms with Crippen molar-refractivity contribution in [2.24, 2.45) is 0 Å². The largest absolute Gasteiger partial charge is 0.497 e. The maximum absolute atomic E-state index is 11.5. The summed E-state index contributed by atoms with van der Waals surface area (Å²) >= 11 is 0. The maximum atomic E-state index is 11.5. The predicted molar refractivity (Wildman–Crippen MR) is 72.9 cm³/mol. The van der Waals surface area contributed by atoms with E-state index in [4.69, 9.17) is 15.7 Å². The second-order valence-electron chi connectivity index (χ2n) is 3.65. The number of carbonyl (C=O) groups excluding carboxylic acids is 1. The minimum absolute atomic E-state index is 0.0484. The Bertz CT molecular complexity index is 813. The van der Waals surface area contributed by atoms with Gasteiger partial charge in [-0.05, 0) is 34.8 Å². The lowest BCUT2D eigenvalue weighted by Crippen LogP contribution is -2.22. The molecule has 0 spiro atoms. The number of carbonyl (C=O) groups is 1. The van der Waals surface area contributed by atoms with Crippen LogP contribution in [0.3, 0.4) is 0 Å². The summed E-state index contributed by atoms with van der Waals surface area (Å²) in [7, 11) is -2.64. The van der Waals surface area contributed by atoms with E-state index >= 15 is 0 Å². The highest BCUT2D eigenvalue weighted by molar-refractivity contribution is 5.87. The number of rotatable bonds is 4. The van der Waals surface area contributed by atoms with Crippen molar-refractivity contribution in [2.75, 3.05) is 13.6 Å². The number of nitrogens with one attached hydrogen (secondary N) is 1. The maximum Gasteiger partial charge on any atom is 0.216 e. The first-order valence-corrected chi connectivity index (χ1v) is 5.30. The zero-order valence-corrected chi connectivity index (χ0v) is 9.49. The molecule has 1 N–H and O–H groups in total. The average Bonchev–Trinajstić information content (AvgIpc) is 2.49. The minimum Gasteiger partial charge on any atom is -0.497 e. The van der Waals surface area contributed by atoms with Gasteiger partial charge in [0, 0.05) is 20.3 Å². The van der Waals surface area contributed by atoms with Gasteiger partial charge in [-0.2, -0.15) is 0 Å². The van der Waals surface area contributed by atoms with Crippen molar-refractivity contribution in [3.63, 3.8) is 0 Å². The molecule has 18 heavy (non-hydrogen) atoms. The van der Waals surface area contributed by atoms with E-state index in [9.17, 15) is 4.79 Å². The topological polar surface area (TPSA) is 38.3 Å². The zero-order chi connectivity index (χ0) is 19.8. The van der Waals surface area contributed by atoms with Crippen LogP contribution in [0.4, 0.5) is 0 Å². The highest BCUT2D eigenvalue weighted by Gasteiger charge is 2.03. The molecule has 0 saturated carbocycles. The summed E-state index contributed by atoms with van der Waals surface area (Å²) in [6.07, 6.45) is -2.08. The summed E-state index contributed by atoms with van der Waals surface area (Å²) in [6.45, 7) is -3.41. The number of methoxy groups -OCH3 is 1. The molecular weight excluding hydrogens is 226 g/mol. The smallest absolute Gasteiger partial charge is 0.216 e. The lowest BCUT2D eigenvalue weighted by Gasteiger charge is -2.08. The summed E-state index contributed by atoms with van der Waals surface area (Å²) in [5.74, 6) is -1.19. The highest BCUT2D eigenvalue weighted by atomic mass is 16.5. The number of amides is 1. The van der Waals surface area contributed by atoms with E-state index in [-0.39, 0.29) is 11.3 Å². The lowest BCUT2D eigenvalue weighted by molar-refractivity contribution is -0.118. The molecule has 0 saturated heterocycles. The summed E-state index contributed by atoms with van der Waals surface area (Å²) in [5.41, 5.74) is 0.178. The first-order valence-electron chi connectivity index (χ1n) is 9.30. The van der Waals surface area contributed by atoms with Crippen molar-refractivity contribution in [2.45, 2.75) is 13.2 Å². The van der Waals surface area contributed by atoms with Gasteiger partial charge in [-0.25, -0.2) is 0 Å². The standard InChI is InChI=1S/C15H17NO2/c1-11(17)16-9-8-13-5-3-4-12-6-7-14(18-2)10-15(12)13/h3-7,10H,8-9H2,1-2H3,(H,16,17)/i1D3,2D3,8D2. The van der Waals surface area contributed by atoms with Crippen LogP contribution < -0.4 is 10.1 Å². The molecule has 1 amide bonds. The molecule has 0 fully saturated rings. The Balaban J connectivity index is 2.37. The molecule has 0 aliphatic heterocycles. The fourth-order valence-corrected chi connectivity index (χ4v) is 1.69. The van der Waals surface area contributed by atoms with Gasteiger partial charge in [0.15, 0.2) is 0 Å². The van der Waals surface area contributed by atoms with Crippen LogP contribution in [0.1, 0.15) is 23.4 Å². The SMILES string of the molecule is [2H]C([2H])([2H])Oc1ccc2cccc(C([2H])([2H])CNC(=O)C([2H])([2H])[2H])c2c1. The van der Waals surface area contributed by atoms with E-state index in [1.165, 1.54) is 18.2 Å². The molecule has 2 aromatic rings. The molecule has 0 aromatic heterocycles. The number of benzene rings is 2. The monoisotopic (exact) mass is 251 g/mol. The Hall–Kier alpha value is -2.03. The van der Waals surface area contributed by atoms with Crippen LogP contribution >= 0.6 is 0 Å². The third-order valence-corrected chi connectivity index (χ3v) is 2.50. The molecule has 0 aliphatic rings. The van der Waals surface area contributed by atoms with Gasteiger partial charge < -0.3 is 10.1 Å². The molecule has 3 heteroatoms. The summed E-state index contributed by atoms with van der Waals surface area (Å²) in [4.78, 5) is 11.5. The van der Waals surface area contributed by atoms with Crippen LogP contribution in [0.25, 0.3) is 10.8 Å². The Morgan fingerprint density at radius 1 is 1.44 bits per heavy atom. The fourth-order valence-electron chi connectivity index (χ4n) is 1.69. The second-order valence-corrected chi connectivity index (χ2v) is 3.65. The molecule has 0 heterocycles. The van der Waals surface area contributed by atoms with E-state index in [1.807, 2.05) is 0 Å². The number of fused-ring (bicyclic) bond motifs is 1. The molecule has 94 valence electrons. The molecule has 2 aromatic carbocycles. The molecule has 0 atom stereocenters. The van der Waals surface area contributed by atoms with Crippen LogP contribution in [0.5, 0.6) is 5.75 Å². The van der Waals surface area contributed by atoms with Crippen LogP contribution in [0.15, 0.2) is 36.4 Å². The zero-order valence-electron chi connectivity index (χ0n) is 17.5. The Morgan fingerprint density at radius 3 is 3.22 bits per heavy atom. The quantitative estimate of drug-likeness (QED) is 0.906. The van der Waals surface area contributed by atoms with E-state index in [1.54, 1.807) is 18.2 Å². The number of hydrogen-bond acceptors (Lipinski definition) is 2. The summed E-state index contributed by atoms with van der Waals surface area (Å²) < 4.78 is 63.8. The number of ether oxygens (including phenoxy) is 1. The Morgan fingerprint density at radius 2 is 2.39 bits per heavy atom. The van der Waals surface area contributed by atoms with E-state index < -0.39 is 32.7 Å². The van der Waals surface area contributed by atoms with Crippen molar-refractivity contribution in [1.29, 1.82) is 0 Å². The molecule has 0 radical (unpaired) electrons. The Labute approximate surface area is 118 Å². The summed E-state index contributed by atoms with van der Waals surface area (Å²) in [6, 6.07) is 9.28.